The molecule has 0 spiro atoms. The Kier molecular flexibility index (Phi) is 6.47. The fourth-order valence-corrected chi connectivity index (χ4v) is 3.46. The van der Waals surface area contributed by atoms with E-state index in [1.54, 1.807) is 26.0 Å². The number of esters is 1. The van der Waals surface area contributed by atoms with E-state index >= 15 is 0 Å². The number of nitrogens with one attached hydrogen (secondary N) is 1. The minimum atomic E-state index is -1.14. The van der Waals surface area contributed by atoms with Crippen LogP contribution in [0.3, 0.4) is 0 Å². The Labute approximate surface area is 179 Å². The molecular formula is C22H24BF2NO5. The molecule has 0 bridgehead atoms. The van der Waals surface area contributed by atoms with Crippen LogP contribution in [0, 0.1) is 17.6 Å². The van der Waals surface area contributed by atoms with Crippen LogP contribution in [0.15, 0.2) is 36.4 Å². The summed E-state index contributed by atoms with van der Waals surface area (Å²) in [6.07, 6.45) is 0. The third kappa shape index (κ3) is 4.94. The van der Waals surface area contributed by atoms with Crippen molar-refractivity contribution in [1.82, 2.24) is 5.32 Å². The number of amides is 1. The molecule has 3 rings (SSSR count). The molecule has 1 amide bonds. The zero-order valence-corrected chi connectivity index (χ0v) is 17.7. The lowest BCUT2D eigenvalue weighted by molar-refractivity contribution is -0.148. The average Bonchev–Trinajstić information content (AvgIpc) is 2.92. The van der Waals surface area contributed by atoms with Gasteiger partial charge in [-0.25, -0.2) is 13.6 Å². The minimum absolute atomic E-state index is 0.0267. The van der Waals surface area contributed by atoms with E-state index in [9.17, 15) is 23.4 Å². The smallest absolute Gasteiger partial charge is 0.459 e. The van der Waals surface area contributed by atoms with Gasteiger partial charge < -0.3 is 19.7 Å². The molecule has 2 aromatic rings. The fraction of sp³-hybridized carbons (Fsp3) is 0.364. The van der Waals surface area contributed by atoms with Crippen molar-refractivity contribution in [3.05, 3.63) is 64.7 Å². The van der Waals surface area contributed by atoms with Crippen molar-refractivity contribution in [2.75, 3.05) is 0 Å². The first-order valence-electron chi connectivity index (χ1n) is 9.91. The third-order valence-corrected chi connectivity index (χ3v) is 5.23. The second kappa shape index (κ2) is 8.76. The van der Waals surface area contributed by atoms with E-state index in [4.69, 9.17) is 9.39 Å². The summed E-state index contributed by atoms with van der Waals surface area (Å²) < 4.78 is 37.4. The van der Waals surface area contributed by atoms with Gasteiger partial charge in [-0.05, 0) is 55.1 Å². The number of hydrogen-bond acceptors (Lipinski definition) is 5. The Hall–Kier alpha value is -2.78. The highest BCUT2D eigenvalue weighted by Crippen LogP contribution is 2.29. The average molecular weight is 431 g/mol. The first-order chi connectivity index (χ1) is 14.5. The van der Waals surface area contributed by atoms with Crippen LogP contribution in [-0.2, 0) is 26.4 Å². The van der Waals surface area contributed by atoms with Crippen molar-refractivity contribution in [2.24, 2.45) is 5.92 Å². The van der Waals surface area contributed by atoms with Gasteiger partial charge in [0.25, 0.3) is 5.91 Å². The molecule has 0 fully saturated rings. The minimum Gasteiger partial charge on any atom is -0.459 e. The zero-order valence-electron chi connectivity index (χ0n) is 17.7. The number of benzene rings is 2. The molecule has 6 nitrogen and oxygen atoms in total. The van der Waals surface area contributed by atoms with Gasteiger partial charge in [-0.1, -0.05) is 19.9 Å². The lowest BCUT2D eigenvalue weighted by atomic mass is 9.77. The van der Waals surface area contributed by atoms with Gasteiger partial charge in [-0.15, -0.1) is 0 Å². The van der Waals surface area contributed by atoms with E-state index in [0.29, 0.717) is 11.5 Å². The summed E-state index contributed by atoms with van der Waals surface area (Å²) in [5, 5.41) is 12.7. The zero-order chi connectivity index (χ0) is 22.9. The van der Waals surface area contributed by atoms with Crippen LogP contribution in [-0.4, -0.2) is 30.1 Å². The molecule has 0 radical (unpaired) electrons. The Bertz CT molecular complexity index is 1010. The Morgan fingerprint density at radius 2 is 1.90 bits per heavy atom. The number of hydrogen-bond donors (Lipinski definition) is 2. The summed E-state index contributed by atoms with van der Waals surface area (Å²) in [7, 11) is -1.14. The molecule has 31 heavy (non-hydrogen) atoms. The monoisotopic (exact) mass is 431 g/mol. The normalized spacial score (nSPS) is 15.5. The van der Waals surface area contributed by atoms with Crippen molar-refractivity contribution < 1.29 is 32.8 Å². The molecule has 1 heterocycles. The first kappa shape index (κ1) is 22.9. The predicted octanol–water partition coefficient (Wildman–Crippen LogP) is 2.42. The molecule has 1 aliphatic heterocycles. The lowest BCUT2D eigenvalue weighted by Gasteiger charge is -2.22. The van der Waals surface area contributed by atoms with E-state index in [1.807, 2.05) is 13.8 Å². The lowest BCUT2D eigenvalue weighted by Crippen LogP contribution is -2.45. The summed E-state index contributed by atoms with van der Waals surface area (Å²) in [6.45, 7) is 6.70. The van der Waals surface area contributed by atoms with Crippen LogP contribution in [0.25, 0.3) is 0 Å². The number of rotatable bonds is 6. The van der Waals surface area contributed by atoms with E-state index < -0.39 is 42.3 Å². The number of carbonyl (C=O) groups excluding carboxylic acids is 2. The third-order valence-electron chi connectivity index (χ3n) is 5.23. The Morgan fingerprint density at radius 3 is 2.55 bits per heavy atom. The van der Waals surface area contributed by atoms with Gasteiger partial charge in [0.1, 0.15) is 24.3 Å². The predicted molar refractivity (Wildman–Crippen MR) is 110 cm³/mol. The van der Waals surface area contributed by atoms with Crippen LogP contribution in [0.5, 0.6) is 0 Å². The molecule has 1 aliphatic rings. The maximum Gasteiger partial charge on any atom is 0.492 e. The van der Waals surface area contributed by atoms with Crippen molar-refractivity contribution in [3.63, 3.8) is 0 Å². The van der Waals surface area contributed by atoms with E-state index in [0.717, 1.165) is 11.6 Å². The van der Waals surface area contributed by atoms with Crippen LogP contribution in [0.2, 0.25) is 0 Å². The summed E-state index contributed by atoms with van der Waals surface area (Å²) >= 11 is 0. The molecule has 0 aliphatic carbocycles. The van der Waals surface area contributed by atoms with Gasteiger partial charge in [0.15, 0.2) is 0 Å². The van der Waals surface area contributed by atoms with E-state index in [-0.39, 0.29) is 23.7 Å². The molecule has 0 aromatic heterocycles. The van der Waals surface area contributed by atoms with Gasteiger partial charge in [0.05, 0.1) is 5.60 Å². The number of ether oxygens (including phenoxy) is 1. The van der Waals surface area contributed by atoms with Gasteiger partial charge in [0, 0.05) is 17.2 Å². The van der Waals surface area contributed by atoms with Crippen molar-refractivity contribution in [1.29, 1.82) is 0 Å². The fourth-order valence-electron chi connectivity index (χ4n) is 3.46. The molecule has 164 valence electrons. The maximum absolute atomic E-state index is 13.8. The molecule has 0 saturated carbocycles. The summed E-state index contributed by atoms with van der Waals surface area (Å²) in [6, 6.07) is 6.82. The highest BCUT2D eigenvalue weighted by molar-refractivity contribution is 6.62. The van der Waals surface area contributed by atoms with Crippen molar-refractivity contribution in [3.8, 4) is 0 Å². The van der Waals surface area contributed by atoms with Gasteiger partial charge in [0.2, 0.25) is 0 Å². The largest absolute Gasteiger partial charge is 0.492 e. The molecule has 2 N–H and O–H groups in total. The number of fused-ring (bicyclic) bond motifs is 1. The Balaban J connectivity index is 1.70. The van der Waals surface area contributed by atoms with Crippen molar-refractivity contribution >= 4 is 24.5 Å². The van der Waals surface area contributed by atoms with E-state index in [2.05, 4.69) is 5.32 Å². The van der Waals surface area contributed by atoms with Crippen molar-refractivity contribution in [2.45, 2.75) is 45.9 Å². The molecular weight excluding hydrogens is 407 g/mol. The van der Waals surface area contributed by atoms with Gasteiger partial charge >= 0.3 is 13.1 Å². The van der Waals surface area contributed by atoms with Gasteiger partial charge in [-0.3, -0.25) is 4.79 Å². The highest BCUT2D eigenvalue weighted by Gasteiger charge is 2.41. The first-order valence-corrected chi connectivity index (χ1v) is 9.91. The summed E-state index contributed by atoms with van der Waals surface area (Å²) in [4.78, 5) is 25.3. The SMILES string of the molecule is CC(C)[C@H](NC(=O)c1ccc2c(c1)B(O)OC2(C)C)C(=O)OCc1ccc(F)cc1F. The highest BCUT2D eigenvalue weighted by atomic mass is 19.1. The number of halogens is 2. The van der Waals surface area contributed by atoms with Crippen LogP contribution in [0.1, 0.15) is 49.2 Å². The second-order valence-corrected chi connectivity index (χ2v) is 8.32. The maximum atomic E-state index is 13.8. The quantitative estimate of drug-likeness (QED) is 0.542. The molecule has 2 aromatic carbocycles. The van der Waals surface area contributed by atoms with Crippen LogP contribution >= 0.6 is 0 Å². The number of carbonyl (C=O) groups is 2. The van der Waals surface area contributed by atoms with Crippen LogP contribution in [0.4, 0.5) is 8.78 Å². The molecule has 9 heteroatoms. The molecule has 1 atom stereocenters. The topological polar surface area (TPSA) is 84.9 Å². The van der Waals surface area contributed by atoms with Gasteiger partial charge in [-0.2, -0.15) is 0 Å². The standard InChI is InChI=1S/C22H24BF2NO5/c1-12(2)19(21(28)30-11-14-5-7-15(24)10-18(14)25)26-20(27)13-6-8-16-17(9-13)23(29)31-22(16,3)4/h5-10,12,19,29H,11H2,1-4H3,(H,26,27)/t19-/m0/s1. The summed E-state index contributed by atoms with van der Waals surface area (Å²) in [5.74, 6) is -3.12. The van der Waals surface area contributed by atoms with E-state index in [1.165, 1.54) is 12.1 Å². The second-order valence-electron chi connectivity index (χ2n) is 8.32. The summed E-state index contributed by atoms with van der Waals surface area (Å²) in [5.41, 5.74) is 0.871. The molecule has 0 saturated heterocycles. The Morgan fingerprint density at radius 1 is 1.19 bits per heavy atom. The molecule has 0 unspecified atom stereocenters. The van der Waals surface area contributed by atoms with Crippen LogP contribution < -0.4 is 10.8 Å².